The molecule has 53 heavy (non-hydrogen) atoms. The Labute approximate surface area is 315 Å². The number of piperazine rings is 1. The van der Waals surface area contributed by atoms with Gasteiger partial charge in [-0.25, -0.2) is 4.79 Å². The standard InChI is InChI=1S/C41H47ClN6O5/c1-50-27-53-32-20-29-10-5-11-34(42)37(29)36(21-32)45-19-14-33-35(24-45)43-39(52-26-41-15-6-17-47(41)18-7-16-41)44-38(33)46-22-30-12-13-31(23-46)48(30)40(49)51-25-28-8-3-2-4-9-28/h2-5,8-11,20-21,30-31H,6-7,12-19,22-27H2,1H3. The van der Waals surface area contributed by atoms with Crippen molar-refractivity contribution in [2.75, 3.05) is 63.0 Å². The molecule has 4 aromatic rings. The molecular formula is C41H47ClN6O5. The van der Waals surface area contributed by atoms with Crippen molar-refractivity contribution in [3.63, 3.8) is 0 Å². The van der Waals surface area contributed by atoms with Crippen LogP contribution in [0, 0.1) is 0 Å². The first-order valence-corrected chi connectivity index (χ1v) is 19.5. The predicted molar refractivity (Wildman–Crippen MR) is 204 cm³/mol. The molecule has 11 nitrogen and oxygen atoms in total. The Morgan fingerprint density at radius 1 is 0.925 bits per heavy atom. The second-order valence-electron chi connectivity index (χ2n) is 15.2. The molecule has 2 atom stereocenters. The number of ether oxygens (including phenoxy) is 4. The van der Waals surface area contributed by atoms with Gasteiger partial charge in [-0.05, 0) is 81.1 Å². The number of anilines is 2. The van der Waals surface area contributed by atoms with Gasteiger partial charge in [0.05, 0.1) is 40.6 Å². The summed E-state index contributed by atoms with van der Waals surface area (Å²) in [6.07, 6.45) is 7.13. The fraction of sp³-hybridized carbons (Fsp3) is 0.488. The van der Waals surface area contributed by atoms with Gasteiger partial charge in [0.15, 0.2) is 6.79 Å². The minimum atomic E-state index is -0.232. The van der Waals surface area contributed by atoms with Gasteiger partial charge in [0.1, 0.15) is 24.8 Å². The third kappa shape index (κ3) is 6.61. The Balaban J connectivity index is 1.02. The number of halogens is 1. The van der Waals surface area contributed by atoms with Crippen molar-refractivity contribution >= 4 is 40.0 Å². The van der Waals surface area contributed by atoms with Crippen LogP contribution in [-0.4, -0.2) is 96.7 Å². The Bertz CT molecular complexity index is 1960. The van der Waals surface area contributed by atoms with Gasteiger partial charge < -0.3 is 28.7 Å². The minimum Gasteiger partial charge on any atom is -0.467 e. The number of carbonyl (C=O) groups excluding carboxylic acids is 1. The predicted octanol–water partition coefficient (Wildman–Crippen LogP) is 6.83. The van der Waals surface area contributed by atoms with Gasteiger partial charge in [-0.2, -0.15) is 9.97 Å². The van der Waals surface area contributed by atoms with Crippen molar-refractivity contribution in [3.05, 3.63) is 82.5 Å². The molecule has 1 aromatic heterocycles. The molecule has 0 saturated carbocycles. The van der Waals surface area contributed by atoms with Gasteiger partial charge in [-0.1, -0.05) is 54.1 Å². The number of fused-ring (bicyclic) bond motifs is 5. The maximum Gasteiger partial charge on any atom is 0.410 e. The second-order valence-corrected chi connectivity index (χ2v) is 15.6. The van der Waals surface area contributed by atoms with Crippen LogP contribution < -0.4 is 19.3 Å². The summed E-state index contributed by atoms with van der Waals surface area (Å²) in [7, 11) is 1.62. The van der Waals surface area contributed by atoms with Gasteiger partial charge in [0.2, 0.25) is 0 Å². The van der Waals surface area contributed by atoms with Crippen molar-refractivity contribution in [2.45, 2.75) is 75.7 Å². The molecule has 0 radical (unpaired) electrons. The molecule has 5 aliphatic rings. The summed E-state index contributed by atoms with van der Waals surface area (Å²) in [5.41, 5.74) is 4.18. The van der Waals surface area contributed by atoms with Crippen LogP contribution >= 0.6 is 11.6 Å². The maximum absolute atomic E-state index is 13.4. The van der Waals surface area contributed by atoms with Crippen molar-refractivity contribution in [1.29, 1.82) is 0 Å². The zero-order valence-electron chi connectivity index (χ0n) is 30.3. The van der Waals surface area contributed by atoms with E-state index in [0.29, 0.717) is 37.3 Å². The highest BCUT2D eigenvalue weighted by atomic mass is 35.5. The molecular weight excluding hydrogens is 692 g/mol. The Morgan fingerprint density at radius 2 is 1.72 bits per heavy atom. The Morgan fingerprint density at radius 3 is 2.49 bits per heavy atom. The van der Waals surface area contributed by atoms with E-state index in [1.165, 1.54) is 12.8 Å². The zero-order chi connectivity index (χ0) is 35.9. The van der Waals surface area contributed by atoms with Crippen LogP contribution in [0.25, 0.3) is 10.8 Å². The van der Waals surface area contributed by atoms with Crippen LogP contribution in [0.2, 0.25) is 5.02 Å². The van der Waals surface area contributed by atoms with E-state index in [-0.39, 0.29) is 37.1 Å². The largest absolute Gasteiger partial charge is 0.467 e. The summed E-state index contributed by atoms with van der Waals surface area (Å²) in [5, 5.41) is 2.69. The summed E-state index contributed by atoms with van der Waals surface area (Å²) in [6.45, 7) is 6.03. The summed E-state index contributed by atoms with van der Waals surface area (Å²) in [6, 6.07) is 20.4. The molecule has 278 valence electrons. The van der Waals surface area contributed by atoms with Crippen LogP contribution in [0.1, 0.15) is 55.3 Å². The maximum atomic E-state index is 13.4. The van der Waals surface area contributed by atoms with Gasteiger partial charge in [0.25, 0.3) is 0 Å². The molecule has 9 rings (SSSR count). The SMILES string of the molecule is COCOc1cc(N2CCc3c(nc(OCC45CCCN4CCC5)nc3N3CC4CCC(C3)N4C(=O)OCc3ccccc3)C2)c2c(Cl)cccc2c1. The van der Waals surface area contributed by atoms with E-state index in [4.69, 9.17) is 40.5 Å². The molecule has 0 spiro atoms. The average molecular weight is 739 g/mol. The van der Waals surface area contributed by atoms with E-state index in [0.717, 1.165) is 96.6 Å². The van der Waals surface area contributed by atoms with E-state index >= 15 is 0 Å². The van der Waals surface area contributed by atoms with Crippen LogP contribution in [0.4, 0.5) is 16.3 Å². The molecule has 12 heteroatoms. The molecule has 4 fully saturated rings. The Hall–Kier alpha value is -4.32. The first-order valence-electron chi connectivity index (χ1n) is 19.1. The lowest BCUT2D eigenvalue weighted by molar-refractivity contribution is 0.0512. The number of benzene rings is 3. The number of amides is 1. The van der Waals surface area contributed by atoms with Gasteiger partial charge in [-0.15, -0.1) is 0 Å². The number of hydrogen-bond acceptors (Lipinski definition) is 10. The molecule has 6 heterocycles. The van der Waals surface area contributed by atoms with Crippen molar-refractivity contribution in [3.8, 4) is 11.8 Å². The van der Waals surface area contributed by atoms with Crippen LogP contribution in [0.3, 0.4) is 0 Å². The first-order chi connectivity index (χ1) is 26.0. The normalized spacial score (nSPS) is 21.9. The van der Waals surface area contributed by atoms with Gasteiger partial charge in [-0.3, -0.25) is 9.80 Å². The molecule has 5 aliphatic heterocycles. The fourth-order valence-electron chi connectivity index (χ4n) is 9.54. The minimum absolute atomic E-state index is 0.0554. The molecule has 3 aromatic carbocycles. The molecule has 0 aliphatic carbocycles. The topological polar surface area (TPSA) is 92.7 Å². The van der Waals surface area contributed by atoms with E-state index in [2.05, 4.69) is 26.8 Å². The summed E-state index contributed by atoms with van der Waals surface area (Å²) in [4.78, 5) is 33.1. The summed E-state index contributed by atoms with van der Waals surface area (Å²) < 4.78 is 23.6. The number of nitrogens with zero attached hydrogens (tertiary/aromatic N) is 6. The van der Waals surface area contributed by atoms with E-state index in [9.17, 15) is 4.79 Å². The molecule has 1 amide bonds. The van der Waals surface area contributed by atoms with Crippen molar-refractivity contribution in [2.24, 2.45) is 0 Å². The third-order valence-electron chi connectivity index (χ3n) is 12.1. The number of rotatable bonds is 10. The lowest BCUT2D eigenvalue weighted by Gasteiger charge is -2.42. The third-order valence-corrected chi connectivity index (χ3v) is 12.4. The number of methoxy groups -OCH3 is 1. The number of aromatic nitrogens is 2. The monoisotopic (exact) mass is 738 g/mol. The van der Waals surface area contributed by atoms with Crippen LogP contribution in [0.15, 0.2) is 60.7 Å². The lowest BCUT2D eigenvalue weighted by Crippen LogP contribution is -2.56. The molecule has 2 bridgehead atoms. The highest BCUT2D eigenvalue weighted by molar-refractivity contribution is 6.36. The lowest BCUT2D eigenvalue weighted by atomic mass is 9.95. The summed E-state index contributed by atoms with van der Waals surface area (Å²) in [5.74, 6) is 1.66. The zero-order valence-corrected chi connectivity index (χ0v) is 31.1. The van der Waals surface area contributed by atoms with Gasteiger partial charge >= 0.3 is 12.1 Å². The second kappa shape index (κ2) is 14.5. The van der Waals surface area contributed by atoms with Crippen LogP contribution in [-0.2, 0) is 29.0 Å². The smallest absolute Gasteiger partial charge is 0.410 e. The molecule has 4 saturated heterocycles. The van der Waals surface area contributed by atoms with E-state index in [1.54, 1.807) is 7.11 Å². The highest BCUT2D eigenvalue weighted by Crippen LogP contribution is 2.42. The molecule has 0 N–H and O–H groups in total. The van der Waals surface area contributed by atoms with Crippen molar-refractivity contribution in [1.82, 2.24) is 19.8 Å². The van der Waals surface area contributed by atoms with E-state index in [1.807, 2.05) is 53.4 Å². The number of carbonyl (C=O) groups is 1. The van der Waals surface area contributed by atoms with E-state index < -0.39 is 0 Å². The summed E-state index contributed by atoms with van der Waals surface area (Å²) >= 11 is 6.87. The van der Waals surface area contributed by atoms with Crippen molar-refractivity contribution < 1.29 is 23.7 Å². The first kappa shape index (κ1) is 34.4. The van der Waals surface area contributed by atoms with Crippen LogP contribution in [0.5, 0.6) is 11.8 Å². The Kier molecular flexibility index (Phi) is 9.42. The average Bonchev–Trinajstić information content (AvgIpc) is 3.85. The van der Waals surface area contributed by atoms with Gasteiger partial charge in [0, 0.05) is 43.8 Å². The fourth-order valence-corrected chi connectivity index (χ4v) is 9.82. The quantitative estimate of drug-likeness (QED) is 0.161. The number of hydrogen-bond donors (Lipinski definition) is 0. The molecule has 2 unspecified atom stereocenters. The highest BCUT2D eigenvalue weighted by Gasteiger charge is 2.46.